The lowest BCUT2D eigenvalue weighted by Gasteiger charge is -2.34. The summed E-state index contributed by atoms with van der Waals surface area (Å²) in [7, 11) is -4.11. The van der Waals surface area contributed by atoms with Crippen LogP contribution in [-0.2, 0) is 10.0 Å². The second-order valence-corrected chi connectivity index (χ2v) is 10.6. The Bertz CT molecular complexity index is 1030. The molecule has 1 fully saturated rings. The fraction of sp³-hybridized carbons (Fsp3) is 0.435. The molecule has 0 spiro atoms. The Morgan fingerprint density at radius 1 is 1.13 bits per heavy atom. The lowest BCUT2D eigenvalue weighted by atomic mass is 9.87. The summed E-state index contributed by atoms with van der Waals surface area (Å²) < 4.78 is 41.8. The van der Waals surface area contributed by atoms with E-state index < -0.39 is 32.4 Å². The highest BCUT2D eigenvalue weighted by Gasteiger charge is 2.30. The quantitative estimate of drug-likeness (QED) is 0.733. The summed E-state index contributed by atoms with van der Waals surface area (Å²) in [5.41, 5.74) is 0.192. The number of sulfonamides is 1. The number of hydrogen-bond acceptors (Lipinski definition) is 4. The van der Waals surface area contributed by atoms with Gasteiger partial charge in [0.15, 0.2) is 0 Å². The molecule has 1 amide bonds. The number of aliphatic hydroxyl groups is 1. The predicted molar refractivity (Wildman–Crippen MR) is 117 cm³/mol. The zero-order valence-corrected chi connectivity index (χ0v) is 18.8. The van der Waals surface area contributed by atoms with Gasteiger partial charge in [-0.25, -0.2) is 17.5 Å². The fourth-order valence-corrected chi connectivity index (χ4v) is 5.35. The zero-order chi connectivity index (χ0) is 22.8. The van der Waals surface area contributed by atoms with Crippen LogP contribution in [0, 0.1) is 11.7 Å². The molecule has 1 heterocycles. The van der Waals surface area contributed by atoms with E-state index in [9.17, 15) is 22.7 Å². The van der Waals surface area contributed by atoms with Crippen molar-refractivity contribution >= 4 is 15.9 Å². The first-order valence-electron chi connectivity index (χ1n) is 10.3. The minimum Gasteiger partial charge on any atom is -0.388 e. The molecule has 1 aliphatic heterocycles. The van der Waals surface area contributed by atoms with E-state index in [1.165, 1.54) is 6.07 Å². The van der Waals surface area contributed by atoms with Crippen LogP contribution in [0.15, 0.2) is 53.4 Å². The lowest BCUT2D eigenvalue weighted by Crippen LogP contribution is -2.41. The van der Waals surface area contributed by atoms with Crippen LogP contribution in [0.2, 0.25) is 0 Å². The monoisotopic (exact) mass is 448 g/mol. The number of hydrogen-bond donors (Lipinski definition) is 2. The summed E-state index contributed by atoms with van der Waals surface area (Å²) in [4.78, 5) is 14.0. The molecule has 2 aromatic carbocycles. The Balaban J connectivity index is 1.71. The van der Waals surface area contributed by atoms with E-state index in [0.29, 0.717) is 25.9 Å². The van der Waals surface area contributed by atoms with Gasteiger partial charge < -0.3 is 10.0 Å². The van der Waals surface area contributed by atoms with Gasteiger partial charge in [-0.05, 0) is 63.3 Å². The number of carbonyl (C=O) groups excluding carboxylic acids is 1. The van der Waals surface area contributed by atoms with Crippen molar-refractivity contribution in [1.29, 1.82) is 0 Å². The highest BCUT2D eigenvalue weighted by Crippen LogP contribution is 2.31. The number of nitrogens with zero attached hydrogens (tertiary/aromatic N) is 1. The summed E-state index contributed by atoms with van der Waals surface area (Å²) in [6, 6.07) is 12.8. The normalized spacial score (nSPS) is 16.9. The molecular formula is C23H29FN2O4S. The van der Waals surface area contributed by atoms with Gasteiger partial charge in [-0.15, -0.1) is 0 Å². The molecule has 1 saturated heterocycles. The lowest BCUT2D eigenvalue weighted by molar-refractivity contribution is 0.0462. The molecule has 168 valence electrons. The molecule has 2 aromatic rings. The Morgan fingerprint density at radius 3 is 2.32 bits per heavy atom. The van der Waals surface area contributed by atoms with Gasteiger partial charge in [0, 0.05) is 24.2 Å². The van der Waals surface area contributed by atoms with E-state index >= 15 is 0 Å². The third-order valence-corrected chi connectivity index (χ3v) is 7.10. The SMILES string of the molecule is CC(C)(C)NS(=O)(=O)c1cc(C(=O)N2CCC(C(O)c3ccccc3)CC2)ccc1F. The van der Waals surface area contributed by atoms with Crippen LogP contribution >= 0.6 is 0 Å². The van der Waals surface area contributed by atoms with Crippen molar-refractivity contribution in [2.24, 2.45) is 5.92 Å². The second-order valence-electron chi connectivity index (χ2n) is 8.99. The van der Waals surface area contributed by atoms with Crippen molar-refractivity contribution < 1.29 is 22.7 Å². The predicted octanol–water partition coefficient (Wildman–Crippen LogP) is 3.49. The Hall–Kier alpha value is -2.29. The van der Waals surface area contributed by atoms with Gasteiger partial charge in [-0.3, -0.25) is 4.79 Å². The van der Waals surface area contributed by atoms with Gasteiger partial charge in [0.1, 0.15) is 10.7 Å². The first-order chi connectivity index (χ1) is 14.5. The Labute approximate surface area is 183 Å². The van der Waals surface area contributed by atoms with Gasteiger partial charge in [-0.1, -0.05) is 30.3 Å². The van der Waals surface area contributed by atoms with Crippen LogP contribution in [0.3, 0.4) is 0 Å². The number of benzene rings is 2. The van der Waals surface area contributed by atoms with Crippen molar-refractivity contribution in [2.75, 3.05) is 13.1 Å². The summed E-state index contributed by atoms with van der Waals surface area (Å²) in [6.45, 7) is 5.85. The number of halogens is 1. The van der Waals surface area contributed by atoms with Crippen molar-refractivity contribution in [1.82, 2.24) is 9.62 Å². The van der Waals surface area contributed by atoms with Crippen molar-refractivity contribution in [2.45, 2.75) is 50.2 Å². The standard InChI is InChI=1S/C23H29FN2O4S/c1-23(2,3)25-31(29,30)20-15-18(9-10-19(20)24)22(28)26-13-11-17(12-14-26)21(27)16-7-5-4-6-8-16/h4-10,15,17,21,25,27H,11-14H2,1-3H3. The van der Waals surface area contributed by atoms with Crippen LogP contribution in [0.5, 0.6) is 0 Å². The third-order valence-electron chi connectivity index (χ3n) is 5.32. The number of likely N-dealkylation sites (tertiary alicyclic amines) is 1. The molecule has 0 saturated carbocycles. The van der Waals surface area contributed by atoms with Crippen LogP contribution < -0.4 is 4.72 Å². The van der Waals surface area contributed by atoms with Crippen molar-refractivity contribution in [3.8, 4) is 0 Å². The average Bonchev–Trinajstić information content (AvgIpc) is 2.72. The van der Waals surface area contributed by atoms with E-state index in [4.69, 9.17) is 0 Å². The van der Waals surface area contributed by atoms with E-state index in [0.717, 1.165) is 17.7 Å². The highest BCUT2D eigenvalue weighted by atomic mass is 32.2. The van der Waals surface area contributed by atoms with Gasteiger partial charge in [0.05, 0.1) is 6.10 Å². The molecule has 0 radical (unpaired) electrons. The maximum absolute atomic E-state index is 14.3. The smallest absolute Gasteiger partial charge is 0.253 e. The highest BCUT2D eigenvalue weighted by molar-refractivity contribution is 7.89. The minimum absolute atomic E-state index is 0.0339. The molecule has 6 nitrogen and oxygen atoms in total. The molecule has 1 unspecified atom stereocenters. The molecule has 31 heavy (non-hydrogen) atoms. The van der Waals surface area contributed by atoms with E-state index in [2.05, 4.69) is 4.72 Å². The third kappa shape index (κ3) is 5.70. The number of aliphatic hydroxyl groups excluding tert-OH is 1. The molecule has 1 aliphatic rings. The maximum Gasteiger partial charge on any atom is 0.253 e. The summed E-state index contributed by atoms with van der Waals surface area (Å²) in [5.74, 6) is -1.22. The number of carbonyl (C=O) groups is 1. The van der Waals surface area contributed by atoms with Gasteiger partial charge in [0.2, 0.25) is 10.0 Å². The first kappa shape index (κ1) is 23.4. The summed E-state index contributed by atoms with van der Waals surface area (Å²) in [5, 5.41) is 10.6. The fourth-order valence-electron chi connectivity index (χ4n) is 3.82. The molecular weight excluding hydrogens is 419 g/mol. The van der Waals surface area contributed by atoms with Crippen molar-refractivity contribution in [3.05, 3.63) is 65.5 Å². The molecule has 1 atom stereocenters. The summed E-state index contributed by atoms with van der Waals surface area (Å²) in [6.07, 6.45) is 0.656. The van der Waals surface area contributed by atoms with E-state index in [1.54, 1.807) is 25.7 Å². The first-order valence-corrected chi connectivity index (χ1v) is 11.8. The van der Waals surface area contributed by atoms with Gasteiger partial charge in [0.25, 0.3) is 5.91 Å². The second kappa shape index (κ2) is 9.06. The van der Waals surface area contributed by atoms with E-state index in [1.807, 2.05) is 30.3 Å². The number of nitrogens with one attached hydrogen (secondary N) is 1. The maximum atomic E-state index is 14.3. The van der Waals surface area contributed by atoms with Crippen LogP contribution in [0.1, 0.15) is 55.6 Å². The number of rotatable bonds is 5. The van der Waals surface area contributed by atoms with Gasteiger partial charge >= 0.3 is 0 Å². The number of piperidine rings is 1. The van der Waals surface area contributed by atoms with E-state index in [-0.39, 0.29) is 17.4 Å². The topological polar surface area (TPSA) is 86.7 Å². The molecule has 3 rings (SSSR count). The molecule has 8 heteroatoms. The molecule has 0 aromatic heterocycles. The average molecular weight is 449 g/mol. The molecule has 0 bridgehead atoms. The number of amides is 1. The molecule has 2 N–H and O–H groups in total. The Morgan fingerprint density at radius 2 is 1.74 bits per heavy atom. The largest absolute Gasteiger partial charge is 0.388 e. The van der Waals surface area contributed by atoms with Crippen LogP contribution in [-0.4, -0.2) is 43.0 Å². The molecule has 0 aliphatic carbocycles. The minimum atomic E-state index is -4.11. The van der Waals surface area contributed by atoms with Crippen LogP contribution in [0.25, 0.3) is 0 Å². The zero-order valence-electron chi connectivity index (χ0n) is 18.0. The summed E-state index contributed by atoms with van der Waals surface area (Å²) >= 11 is 0. The Kier molecular flexibility index (Phi) is 6.83. The van der Waals surface area contributed by atoms with Crippen LogP contribution in [0.4, 0.5) is 4.39 Å². The van der Waals surface area contributed by atoms with Crippen molar-refractivity contribution in [3.63, 3.8) is 0 Å². The van der Waals surface area contributed by atoms with Gasteiger partial charge in [-0.2, -0.15) is 0 Å².